The number of nitriles is 1. The van der Waals surface area contributed by atoms with Gasteiger partial charge in [-0.25, -0.2) is 8.42 Å². The molecular formula is C19H22N4O4S. The molecule has 0 aliphatic carbocycles. The maximum absolute atomic E-state index is 12.8. The molecule has 8 nitrogen and oxygen atoms in total. The topological polar surface area (TPSA) is 107 Å². The fourth-order valence-electron chi connectivity index (χ4n) is 3.09. The number of hydrogen-bond donors (Lipinski definition) is 1. The number of piperazine rings is 1. The molecule has 1 N–H and O–H groups in total. The summed E-state index contributed by atoms with van der Waals surface area (Å²) in [4.78, 5) is 14.1. The minimum atomic E-state index is -3.76. The van der Waals surface area contributed by atoms with Gasteiger partial charge in [0, 0.05) is 26.2 Å². The van der Waals surface area contributed by atoms with E-state index in [1.807, 2.05) is 19.1 Å². The van der Waals surface area contributed by atoms with Crippen molar-refractivity contribution in [1.29, 1.82) is 5.26 Å². The normalized spacial score (nSPS) is 16.5. The number of carbonyl (C=O) groups excluding carboxylic acids is 1. The molecule has 0 saturated carbocycles. The molecule has 2 heterocycles. The van der Waals surface area contributed by atoms with Crippen LogP contribution < -0.4 is 5.32 Å². The van der Waals surface area contributed by atoms with E-state index in [1.54, 1.807) is 29.4 Å². The average Bonchev–Trinajstić information content (AvgIpc) is 3.27. The molecule has 1 fully saturated rings. The van der Waals surface area contributed by atoms with Crippen LogP contribution in [0, 0.1) is 11.3 Å². The fourth-order valence-corrected chi connectivity index (χ4v) is 4.66. The van der Waals surface area contributed by atoms with Gasteiger partial charge in [0.15, 0.2) is 0 Å². The van der Waals surface area contributed by atoms with Crippen LogP contribution in [-0.2, 0) is 14.8 Å². The standard InChI is InChI=1S/C19H22N4O4S/c1-15(17-6-4-12-27-17)21-14-19(24)22-8-10-23(11-9-22)28(25,26)18-7-3-2-5-16(18)13-20/h2-7,12,15,21H,8-11,14H2,1H3/t15-/m1/s1. The molecule has 2 aromatic rings. The van der Waals surface area contributed by atoms with E-state index in [2.05, 4.69) is 5.32 Å². The number of hydrogen-bond acceptors (Lipinski definition) is 6. The molecule has 1 aliphatic heterocycles. The molecular weight excluding hydrogens is 380 g/mol. The molecule has 0 bridgehead atoms. The van der Waals surface area contributed by atoms with E-state index >= 15 is 0 Å². The summed E-state index contributed by atoms with van der Waals surface area (Å²) in [6.45, 7) is 3.06. The Labute approximate surface area is 164 Å². The van der Waals surface area contributed by atoms with Crippen LogP contribution in [0.4, 0.5) is 0 Å². The van der Waals surface area contributed by atoms with Gasteiger partial charge >= 0.3 is 0 Å². The Balaban J connectivity index is 1.56. The maximum Gasteiger partial charge on any atom is 0.244 e. The van der Waals surface area contributed by atoms with Crippen LogP contribution in [0.3, 0.4) is 0 Å². The highest BCUT2D eigenvalue weighted by atomic mass is 32.2. The van der Waals surface area contributed by atoms with Gasteiger partial charge in [-0.15, -0.1) is 0 Å². The maximum atomic E-state index is 12.8. The quantitative estimate of drug-likeness (QED) is 0.781. The molecule has 1 aromatic heterocycles. The van der Waals surface area contributed by atoms with Crippen LogP contribution in [0.1, 0.15) is 24.3 Å². The van der Waals surface area contributed by atoms with E-state index in [0.717, 1.165) is 5.76 Å². The van der Waals surface area contributed by atoms with E-state index in [1.165, 1.54) is 16.4 Å². The van der Waals surface area contributed by atoms with Crippen molar-refractivity contribution in [3.8, 4) is 6.07 Å². The summed E-state index contributed by atoms with van der Waals surface area (Å²) in [5.41, 5.74) is 0.122. The Kier molecular flexibility index (Phi) is 6.14. The van der Waals surface area contributed by atoms with Crippen LogP contribution in [0.25, 0.3) is 0 Å². The molecule has 1 aromatic carbocycles. The number of nitrogens with one attached hydrogen (secondary N) is 1. The van der Waals surface area contributed by atoms with Crippen molar-refractivity contribution in [2.75, 3.05) is 32.7 Å². The van der Waals surface area contributed by atoms with Crippen molar-refractivity contribution in [2.45, 2.75) is 17.9 Å². The molecule has 9 heteroatoms. The van der Waals surface area contributed by atoms with Crippen molar-refractivity contribution in [3.63, 3.8) is 0 Å². The molecule has 0 unspecified atom stereocenters. The number of nitrogens with zero attached hydrogens (tertiary/aromatic N) is 3. The van der Waals surface area contributed by atoms with E-state index < -0.39 is 10.0 Å². The Bertz CT molecular complexity index is 958. The van der Waals surface area contributed by atoms with Gasteiger partial charge in [0.2, 0.25) is 15.9 Å². The SMILES string of the molecule is C[C@@H](NCC(=O)N1CCN(S(=O)(=O)c2ccccc2C#N)CC1)c1ccco1. The van der Waals surface area contributed by atoms with E-state index in [0.29, 0.717) is 13.1 Å². The first-order valence-corrected chi connectivity index (χ1v) is 10.4. The lowest BCUT2D eigenvalue weighted by molar-refractivity contribution is -0.131. The summed E-state index contributed by atoms with van der Waals surface area (Å²) in [5, 5.41) is 12.3. The van der Waals surface area contributed by atoms with E-state index in [-0.39, 0.29) is 42.0 Å². The highest BCUT2D eigenvalue weighted by Crippen LogP contribution is 2.21. The first-order chi connectivity index (χ1) is 13.4. The third-order valence-electron chi connectivity index (χ3n) is 4.75. The van der Waals surface area contributed by atoms with Crippen molar-refractivity contribution >= 4 is 15.9 Å². The van der Waals surface area contributed by atoms with Crippen LogP contribution >= 0.6 is 0 Å². The molecule has 1 atom stereocenters. The van der Waals surface area contributed by atoms with Crippen LogP contribution in [0.2, 0.25) is 0 Å². The minimum Gasteiger partial charge on any atom is -0.468 e. The van der Waals surface area contributed by atoms with Gasteiger partial charge in [0.1, 0.15) is 11.8 Å². The van der Waals surface area contributed by atoms with Crippen LogP contribution in [0.5, 0.6) is 0 Å². The second-order valence-corrected chi connectivity index (χ2v) is 8.42. The molecule has 28 heavy (non-hydrogen) atoms. The Morgan fingerprint density at radius 1 is 1.21 bits per heavy atom. The minimum absolute atomic E-state index is 0.00576. The van der Waals surface area contributed by atoms with Gasteiger partial charge in [-0.05, 0) is 31.2 Å². The zero-order chi connectivity index (χ0) is 20.1. The second-order valence-electron chi connectivity index (χ2n) is 6.51. The zero-order valence-corrected chi connectivity index (χ0v) is 16.4. The van der Waals surface area contributed by atoms with Crippen molar-refractivity contribution < 1.29 is 17.6 Å². The number of sulfonamides is 1. The molecule has 0 radical (unpaired) electrons. The van der Waals surface area contributed by atoms with Crippen LogP contribution in [0.15, 0.2) is 52.0 Å². The number of carbonyl (C=O) groups is 1. The first kappa shape index (κ1) is 20.1. The summed E-state index contributed by atoms with van der Waals surface area (Å²) in [5.74, 6) is 0.660. The third-order valence-corrected chi connectivity index (χ3v) is 6.70. The van der Waals surface area contributed by atoms with Gasteiger partial charge in [-0.3, -0.25) is 10.1 Å². The predicted octanol–water partition coefficient (Wildman–Crippen LogP) is 1.33. The number of benzene rings is 1. The van der Waals surface area contributed by atoms with Crippen molar-refractivity contribution in [2.24, 2.45) is 0 Å². The Hall–Kier alpha value is -2.67. The largest absolute Gasteiger partial charge is 0.468 e. The lowest BCUT2D eigenvalue weighted by Gasteiger charge is -2.34. The average molecular weight is 402 g/mol. The summed E-state index contributed by atoms with van der Waals surface area (Å²) < 4.78 is 32.3. The summed E-state index contributed by atoms with van der Waals surface area (Å²) in [6.07, 6.45) is 1.58. The first-order valence-electron chi connectivity index (χ1n) is 8.97. The van der Waals surface area contributed by atoms with E-state index in [9.17, 15) is 13.2 Å². The molecule has 1 aliphatic rings. The molecule has 0 spiro atoms. The van der Waals surface area contributed by atoms with Crippen molar-refractivity contribution in [3.05, 3.63) is 54.0 Å². The second kappa shape index (κ2) is 8.56. The smallest absolute Gasteiger partial charge is 0.244 e. The molecule has 3 rings (SSSR count). The Morgan fingerprint density at radius 2 is 1.93 bits per heavy atom. The van der Waals surface area contributed by atoms with E-state index in [4.69, 9.17) is 9.68 Å². The predicted molar refractivity (Wildman–Crippen MR) is 102 cm³/mol. The summed E-state index contributed by atoms with van der Waals surface area (Å²) in [7, 11) is -3.76. The van der Waals surface area contributed by atoms with Crippen molar-refractivity contribution in [1.82, 2.24) is 14.5 Å². The van der Waals surface area contributed by atoms with Gasteiger partial charge in [-0.1, -0.05) is 12.1 Å². The number of amides is 1. The molecule has 1 saturated heterocycles. The van der Waals surface area contributed by atoms with Gasteiger partial charge in [0.25, 0.3) is 0 Å². The van der Waals surface area contributed by atoms with Crippen LogP contribution in [-0.4, -0.2) is 56.3 Å². The summed E-state index contributed by atoms with van der Waals surface area (Å²) >= 11 is 0. The fraction of sp³-hybridized carbons (Fsp3) is 0.368. The highest BCUT2D eigenvalue weighted by molar-refractivity contribution is 7.89. The number of furan rings is 1. The van der Waals surface area contributed by atoms with Gasteiger partial charge in [-0.2, -0.15) is 9.57 Å². The number of rotatable bonds is 6. The molecule has 1 amide bonds. The molecule has 148 valence electrons. The lowest BCUT2D eigenvalue weighted by atomic mass is 10.2. The van der Waals surface area contributed by atoms with Gasteiger partial charge in [0.05, 0.1) is 29.3 Å². The van der Waals surface area contributed by atoms with Gasteiger partial charge < -0.3 is 9.32 Å². The lowest BCUT2D eigenvalue weighted by Crippen LogP contribution is -2.52. The zero-order valence-electron chi connectivity index (χ0n) is 15.5. The third kappa shape index (κ3) is 4.25. The summed E-state index contributed by atoms with van der Waals surface area (Å²) in [6, 6.07) is 11.6. The Morgan fingerprint density at radius 3 is 2.57 bits per heavy atom. The highest BCUT2D eigenvalue weighted by Gasteiger charge is 2.31. The monoisotopic (exact) mass is 402 g/mol.